The molecule has 0 radical (unpaired) electrons. The minimum absolute atomic E-state index is 0.0636. The normalized spacial score (nSPS) is 15.2. The van der Waals surface area contributed by atoms with Crippen LogP contribution in [0.3, 0.4) is 0 Å². The van der Waals surface area contributed by atoms with E-state index in [4.69, 9.17) is 4.74 Å². The van der Waals surface area contributed by atoms with Gasteiger partial charge in [-0.15, -0.1) is 10.2 Å². The minimum atomic E-state index is -0.0636. The van der Waals surface area contributed by atoms with Gasteiger partial charge in [0.05, 0.1) is 18.7 Å². The maximum Gasteiger partial charge on any atom is 0.227 e. The molecule has 0 aliphatic carbocycles. The molecule has 2 heterocycles. The van der Waals surface area contributed by atoms with Gasteiger partial charge in [0.1, 0.15) is 5.75 Å². The Morgan fingerprint density at radius 2 is 1.61 bits per heavy atom. The van der Waals surface area contributed by atoms with Crippen LogP contribution in [0.5, 0.6) is 5.75 Å². The number of hydrogen-bond acceptors (Lipinski definition) is 5. The number of nitrogens with zero attached hydrogens (tertiary/aromatic N) is 4. The third-order valence-corrected chi connectivity index (χ3v) is 7.17. The number of anilines is 1. The van der Waals surface area contributed by atoms with Crippen molar-refractivity contribution in [3.05, 3.63) is 108 Å². The Morgan fingerprint density at radius 3 is 2.26 bits per heavy atom. The predicted octanol–water partition coefficient (Wildman–Crippen LogP) is 5.64. The second kappa shape index (κ2) is 12.4. The molecule has 0 bridgehead atoms. The summed E-state index contributed by atoms with van der Waals surface area (Å²) in [6.45, 7) is 2.86. The first-order chi connectivity index (χ1) is 18.7. The zero-order valence-electron chi connectivity index (χ0n) is 21.9. The van der Waals surface area contributed by atoms with E-state index >= 15 is 0 Å². The summed E-state index contributed by atoms with van der Waals surface area (Å²) in [7, 11) is 1.66. The lowest BCUT2D eigenvalue weighted by Gasteiger charge is -2.35. The van der Waals surface area contributed by atoms with Gasteiger partial charge < -0.3 is 14.5 Å². The van der Waals surface area contributed by atoms with Crippen LogP contribution in [-0.4, -0.2) is 47.7 Å². The Labute approximate surface area is 224 Å². The smallest absolute Gasteiger partial charge is 0.227 e. The molecule has 1 atom stereocenters. The van der Waals surface area contributed by atoms with Crippen molar-refractivity contribution in [3.63, 3.8) is 0 Å². The standard InChI is InChI=1S/C32H34N4O2/c1-38-29-16-14-27(15-17-29)30-18-19-31(34-33-30)35-21-8-13-28(24-35)32(37)36(23-26-11-6-3-7-12-26)22-20-25-9-4-2-5-10-25/h2-7,9-12,14-19,28H,8,13,20-24H2,1H3. The molecule has 6 nitrogen and oxygen atoms in total. The third-order valence-electron chi connectivity index (χ3n) is 7.17. The van der Waals surface area contributed by atoms with Gasteiger partial charge in [-0.2, -0.15) is 0 Å². The number of methoxy groups -OCH3 is 1. The number of aromatic nitrogens is 2. The summed E-state index contributed by atoms with van der Waals surface area (Å²) >= 11 is 0. The van der Waals surface area contributed by atoms with Crippen molar-refractivity contribution in [2.24, 2.45) is 5.92 Å². The second-order valence-corrected chi connectivity index (χ2v) is 9.77. The number of rotatable bonds is 9. The molecule has 1 aliphatic heterocycles. The molecule has 1 aromatic heterocycles. The molecule has 0 N–H and O–H groups in total. The molecule has 1 unspecified atom stereocenters. The number of carbonyl (C=O) groups excluding carboxylic acids is 1. The van der Waals surface area contributed by atoms with Gasteiger partial charge in [0.15, 0.2) is 5.82 Å². The molecule has 1 saturated heterocycles. The number of ether oxygens (including phenoxy) is 1. The summed E-state index contributed by atoms with van der Waals surface area (Å²) in [4.78, 5) is 18.1. The lowest BCUT2D eigenvalue weighted by Crippen LogP contribution is -2.45. The van der Waals surface area contributed by atoms with Gasteiger partial charge in [-0.25, -0.2) is 0 Å². The predicted molar refractivity (Wildman–Crippen MR) is 151 cm³/mol. The quantitative estimate of drug-likeness (QED) is 0.294. The van der Waals surface area contributed by atoms with Crippen molar-refractivity contribution in [1.82, 2.24) is 15.1 Å². The first-order valence-electron chi connectivity index (χ1n) is 13.3. The summed E-state index contributed by atoms with van der Waals surface area (Å²) < 4.78 is 5.25. The highest BCUT2D eigenvalue weighted by atomic mass is 16.5. The van der Waals surface area contributed by atoms with Crippen LogP contribution < -0.4 is 9.64 Å². The first-order valence-corrected chi connectivity index (χ1v) is 13.3. The van der Waals surface area contributed by atoms with E-state index in [1.165, 1.54) is 5.56 Å². The highest BCUT2D eigenvalue weighted by Crippen LogP contribution is 2.26. The van der Waals surface area contributed by atoms with E-state index in [2.05, 4.69) is 51.5 Å². The van der Waals surface area contributed by atoms with Gasteiger partial charge in [-0.1, -0.05) is 60.7 Å². The Hall–Kier alpha value is -4.19. The van der Waals surface area contributed by atoms with Crippen molar-refractivity contribution < 1.29 is 9.53 Å². The Kier molecular flexibility index (Phi) is 8.29. The zero-order valence-corrected chi connectivity index (χ0v) is 21.9. The highest BCUT2D eigenvalue weighted by Gasteiger charge is 2.30. The maximum atomic E-state index is 13.8. The van der Waals surface area contributed by atoms with Crippen molar-refractivity contribution >= 4 is 11.7 Å². The van der Waals surface area contributed by atoms with E-state index in [-0.39, 0.29) is 11.8 Å². The molecule has 1 fully saturated rings. The van der Waals surface area contributed by atoms with Crippen LogP contribution in [0.15, 0.2) is 97.1 Å². The lowest BCUT2D eigenvalue weighted by atomic mass is 9.96. The van der Waals surface area contributed by atoms with E-state index in [9.17, 15) is 4.79 Å². The van der Waals surface area contributed by atoms with Crippen LogP contribution in [0.4, 0.5) is 5.82 Å². The van der Waals surface area contributed by atoms with E-state index in [1.54, 1.807) is 7.11 Å². The number of hydrogen-bond donors (Lipinski definition) is 0. The molecular weight excluding hydrogens is 472 g/mol. The van der Waals surface area contributed by atoms with E-state index in [0.29, 0.717) is 19.6 Å². The van der Waals surface area contributed by atoms with Crippen molar-refractivity contribution in [2.45, 2.75) is 25.8 Å². The molecule has 1 amide bonds. The number of carbonyl (C=O) groups is 1. The van der Waals surface area contributed by atoms with Crippen LogP contribution in [0.2, 0.25) is 0 Å². The largest absolute Gasteiger partial charge is 0.497 e. The minimum Gasteiger partial charge on any atom is -0.497 e. The molecule has 4 aromatic rings. The van der Waals surface area contributed by atoms with Gasteiger partial charge in [0.25, 0.3) is 0 Å². The van der Waals surface area contributed by atoms with Gasteiger partial charge >= 0.3 is 0 Å². The fraction of sp³-hybridized carbons (Fsp3) is 0.281. The molecule has 0 spiro atoms. The molecule has 5 rings (SSSR count). The zero-order chi connectivity index (χ0) is 26.2. The molecular formula is C32H34N4O2. The van der Waals surface area contributed by atoms with Crippen LogP contribution in [0.25, 0.3) is 11.3 Å². The highest BCUT2D eigenvalue weighted by molar-refractivity contribution is 5.80. The molecule has 194 valence electrons. The molecule has 38 heavy (non-hydrogen) atoms. The van der Waals surface area contributed by atoms with Gasteiger partial charge in [-0.05, 0) is 66.8 Å². The van der Waals surface area contributed by atoms with Gasteiger partial charge in [0.2, 0.25) is 5.91 Å². The molecule has 6 heteroatoms. The molecule has 0 saturated carbocycles. The average molecular weight is 507 g/mol. The number of piperidine rings is 1. The number of amides is 1. The molecule has 1 aliphatic rings. The topological polar surface area (TPSA) is 58.6 Å². The van der Waals surface area contributed by atoms with Crippen molar-refractivity contribution in [2.75, 3.05) is 31.6 Å². The number of benzene rings is 3. The van der Waals surface area contributed by atoms with Crippen LogP contribution in [-0.2, 0) is 17.8 Å². The SMILES string of the molecule is COc1ccc(-c2ccc(N3CCCC(C(=O)N(CCc4ccccc4)Cc4ccccc4)C3)nn2)cc1. The summed E-state index contributed by atoms with van der Waals surface area (Å²) in [5.74, 6) is 1.79. The first kappa shape index (κ1) is 25.5. The monoisotopic (exact) mass is 506 g/mol. The summed E-state index contributed by atoms with van der Waals surface area (Å²) in [6.07, 6.45) is 2.69. The Bertz CT molecular complexity index is 1300. The summed E-state index contributed by atoms with van der Waals surface area (Å²) in [6, 6.07) is 32.5. The second-order valence-electron chi connectivity index (χ2n) is 9.77. The van der Waals surface area contributed by atoms with E-state index in [1.807, 2.05) is 65.6 Å². The van der Waals surface area contributed by atoms with Crippen molar-refractivity contribution in [1.29, 1.82) is 0 Å². The van der Waals surface area contributed by atoms with E-state index in [0.717, 1.165) is 54.2 Å². The molecule has 3 aromatic carbocycles. The van der Waals surface area contributed by atoms with E-state index < -0.39 is 0 Å². The van der Waals surface area contributed by atoms with Crippen LogP contribution in [0.1, 0.15) is 24.0 Å². The lowest BCUT2D eigenvalue weighted by molar-refractivity contribution is -0.136. The Balaban J connectivity index is 1.27. The van der Waals surface area contributed by atoms with Gasteiger partial charge in [-0.3, -0.25) is 4.79 Å². The average Bonchev–Trinajstić information content (AvgIpc) is 3.00. The fourth-order valence-corrected chi connectivity index (χ4v) is 5.03. The summed E-state index contributed by atoms with van der Waals surface area (Å²) in [5.41, 5.74) is 4.21. The maximum absolute atomic E-state index is 13.8. The van der Waals surface area contributed by atoms with Crippen LogP contribution in [0, 0.1) is 5.92 Å². The van der Waals surface area contributed by atoms with Crippen molar-refractivity contribution in [3.8, 4) is 17.0 Å². The van der Waals surface area contributed by atoms with Crippen LogP contribution >= 0.6 is 0 Å². The third kappa shape index (κ3) is 6.38. The Morgan fingerprint density at radius 1 is 0.895 bits per heavy atom. The van der Waals surface area contributed by atoms with Gasteiger partial charge in [0, 0.05) is 31.7 Å². The fourth-order valence-electron chi connectivity index (χ4n) is 5.03. The summed E-state index contributed by atoms with van der Waals surface area (Å²) in [5, 5.41) is 9.00.